The van der Waals surface area contributed by atoms with E-state index in [0.29, 0.717) is 10.6 Å². The lowest BCUT2D eigenvalue weighted by Crippen LogP contribution is -2.13. The van der Waals surface area contributed by atoms with Gasteiger partial charge in [0.1, 0.15) is 6.23 Å². The molecule has 1 unspecified atom stereocenters. The highest BCUT2D eigenvalue weighted by molar-refractivity contribution is 7.12. The molecule has 0 bridgehead atoms. The molecular weight excluding hydrogens is 162 g/mol. The summed E-state index contributed by atoms with van der Waals surface area (Å²) in [6, 6.07) is 1.76. The first-order valence-corrected chi connectivity index (χ1v) is 4.09. The van der Waals surface area contributed by atoms with E-state index in [1.54, 1.807) is 18.4 Å². The number of nitrogens with one attached hydrogen (secondary N) is 1. The molecule has 1 atom stereocenters. The van der Waals surface area contributed by atoms with E-state index in [9.17, 15) is 4.79 Å². The SMILES string of the molecule is CC(O)Nc1ccsc1C=O. The minimum Gasteiger partial charge on any atom is -0.374 e. The van der Waals surface area contributed by atoms with Crippen molar-refractivity contribution in [1.29, 1.82) is 0 Å². The van der Waals surface area contributed by atoms with Crippen LogP contribution in [0.2, 0.25) is 0 Å². The Labute approximate surface area is 68.7 Å². The lowest BCUT2D eigenvalue weighted by molar-refractivity contribution is 0.112. The number of aldehydes is 1. The highest BCUT2D eigenvalue weighted by atomic mass is 32.1. The van der Waals surface area contributed by atoms with E-state index in [1.165, 1.54) is 11.3 Å². The number of hydrogen-bond donors (Lipinski definition) is 2. The molecule has 0 aliphatic rings. The second-order valence-electron chi connectivity index (χ2n) is 2.14. The van der Waals surface area contributed by atoms with E-state index in [0.717, 1.165) is 6.29 Å². The van der Waals surface area contributed by atoms with Gasteiger partial charge in [-0.05, 0) is 18.4 Å². The van der Waals surface area contributed by atoms with E-state index in [1.807, 2.05) is 0 Å². The summed E-state index contributed by atoms with van der Waals surface area (Å²) in [5.41, 5.74) is 0.694. The zero-order chi connectivity index (χ0) is 8.27. The summed E-state index contributed by atoms with van der Waals surface area (Å²) in [5.74, 6) is 0. The van der Waals surface area contributed by atoms with Crippen molar-refractivity contribution in [1.82, 2.24) is 0 Å². The monoisotopic (exact) mass is 171 g/mol. The van der Waals surface area contributed by atoms with Gasteiger partial charge in [0, 0.05) is 0 Å². The van der Waals surface area contributed by atoms with Crippen molar-refractivity contribution in [3.63, 3.8) is 0 Å². The molecule has 3 nitrogen and oxygen atoms in total. The summed E-state index contributed by atoms with van der Waals surface area (Å²) in [7, 11) is 0. The molecule has 0 aromatic carbocycles. The molecule has 0 saturated heterocycles. The van der Waals surface area contributed by atoms with Gasteiger partial charge in [-0.25, -0.2) is 0 Å². The molecular formula is C7H9NO2S. The van der Waals surface area contributed by atoms with Gasteiger partial charge in [0.15, 0.2) is 6.29 Å². The van der Waals surface area contributed by atoms with Crippen LogP contribution in [0.4, 0.5) is 5.69 Å². The van der Waals surface area contributed by atoms with Crippen molar-refractivity contribution in [3.05, 3.63) is 16.3 Å². The Kier molecular flexibility index (Phi) is 2.62. The molecule has 1 heterocycles. The molecule has 0 aliphatic heterocycles. The fourth-order valence-corrected chi connectivity index (χ4v) is 1.42. The van der Waals surface area contributed by atoms with Gasteiger partial charge in [0.2, 0.25) is 0 Å². The Bertz CT molecular complexity index is 244. The van der Waals surface area contributed by atoms with Gasteiger partial charge >= 0.3 is 0 Å². The first kappa shape index (κ1) is 8.23. The lowest BCUT2D eigenvalue weighted by Gasteiger charge is -2.06. The molecule has 0 spiro atoms. The van der Waals surface area contributed by atoms with Crippen LogP contribution in [0.25, 0.3) is 0 Å². The smallest absolute Gasteiger partial charge is 0.162 e. The Morgan fingerprint density at radius 1 is 1.82 bits per heavy atom. The van der Waals surface area contributed by atoms with Crippen molar-refractivity contribution in [3.8, 4) is 0 Å². The van der Waals surface area contributed by atoms with Crippen LogP contribution < -0.4 is 5.32 Å². The number of rotatable bonds is 3. The van der Waals surface area contributed by atoms with Gasteiger partial charge in [0.25, 0.3) is 0 Å². The third kappa shape index (κ3) is 2.03. The summed E-state index contributed by atoms with van der Waals surface area (Å²) in [4.78, 5) is 11.0. The van der Waals surface area contributed by atoms with Crippen LogP contribution in [-0.2, 0) is 0 Å². The van der Waals surface area contributed by atoms with Crippen LogP contribution in [0, 0.1) is 0 Å². The number of thiophene rings is 1. The summed E-state index contributed by atoms with van der Waals surface area (Å²) < 4.78 is 0. The minimum atomic E-state index is -0.622. The molecule has 0 fully saturated rings. The molecule has 0 radical (unpaired) electrons. The van der Waals surface area contributed by atoms with Gasteiger partial charge in [-0.1, -0.05) is 0 Å². The standard InChI is InChI=1S/C7H9NO2S/c1-5(10)8-6-2-3-11-7(6)4-9/h2-5,8,10H,1H3. The summed E-state index contributed by atoms with van der Waals surface area (Å²) >= 11 is 1.35. The molecule has 4 heteroatoms. The second-order valence-corrected chi connectivity index (χ2v) is 3.08. The zero-order valence-electron chi connectivity index (χ0n) is 6.07. The first-order chi connectivity index (χ1) is 5.24. The summed E-state index contributed by atoms with van der Waals surface area (Å²) in [6.07, 6.45) is 0.151. The Hall–Kier alpha value is -0.870. The van der Waals surface area contributed by atoms with Crippen LogP contribution in [0.15, 0.2) is 11.4 Å². The highest BCUT2D eigenvalue weighted by Gasteiger charge is 2.03. The summed E-state index contributed by atoms with van der Waals surface area (Å²) in [6.45, 7) is 1.60. The molecule has 0 amide bonds. The van der Waals surface area contributed by atoms with E-state index in [-0.39, 0.29) is 0 Å². The number of anilines is 1. The van der Waals surface area contributed by atoms with Crippen LogP contribution in [-0.4, -0.2) is 17.6 Å². The molecule has 60 valence electrons. The number of aliphatic hydroxyl groups excluding tert-OH is 1. The summed E-state index contributed by atoms with van der Waals surface area (Å²) in [5, 5.41) is 13.5. The van der Waals surface area contributed by atoms with Gasteiger partial charge in [-0.15, -0.1) is 11.3 Å². The maximum Gasteiger partial charge on any atom is 0.162 e. The van der Waals surface area contributed by atoms with Gasteiger partial charge in [-0.3, -0.25) is 4.79 Å². The predicted octanol–water partition coefficient (Wildman–Crippen LogP) is 1.31. The number of carbonyl (C=O) groups is 1. The maximum absolute atomic E-state index is 10.4. The number of carbonyl (C=O) groups excluding carboxylic acids is 1. The number of aliphatic hydroxyl groups is 1. The van der Waals surface area contributed by atoms with E-state index in [2.05, 4.69) is 5.32 Å². The van der Waals surface area contributed by atoms with Crippen molar-refractivity contribution >= 4 is 23.3 Å². The third-order valence-corrected chi connectivity index (χ3v) is 2.01. The first-order valence-electron chi connectivity index (χ1n) is 3.21. The van der Waals surface area contributed by atoms with Crippen LogP contribution >= 0.6 is 11.3 Å². The zero-order valence-corrected chi connectivity index (χ0v) is 6.89. The van der Waals surface area contributed by atoms with Crippen LogP contribution in [0.3, 0.4) is 0 Å². The van der Waals surface area contributed by atoms with E-state index in [4.69, 9.17) is 5.11 Å². The molecule has 1 aromatic heterocycles. The normalized spacial score (nSPS) is 12.5. The molecule has 0 saturated carbocycles. The fourth-order valence-electron chi connectivity index (χ4n) is 0.757. The number of hydrogen-bond acceptors (Lipinski definition) is 4. The average molecular weight is 171 g/mol. The van der Waals surface area contributed by atoms with Crippen LogP contribution in [0.1, 0.15) is 16.6 Å². The molecule has 1 aromatic rings. The second kappa shape index (κ2) is 3.50. The largest absolute Gasteiger partial charge is 0.374 e. The van der Waals surface area contributed by atoms with Crippen molar-refractivity contribution < 1.29 is 9.90 Å². The van der Waals surface area contributed by atoms with Crippen molar-refractivity contribution in [2.45, 2.75) is 13.2 Å². The van der Waals surface area contributed by atoms with Crippen molar-refractivity contribution in [2.24, 2.45) is 0 Å². The van der Waals surface area contributed by atoms with Gasteiger partial charge in [-0.2, -0.15) is 0 Å². The molecule has 11 heavy (non-hydrogen) atoms. The Morgan fingerprint density at radius 3 is 3.09 bits per heavy atom. The Balaban J connectivity index is 2.76. The fraction of sp³-hybridized carbons (Fsp3) is 0.286. The van der Waals surface area contributed by atoms with Gasteiger partial charge < -0.3 is 10.4 Å². The highest BCUT2D eigenvalue weighted by Crippen LogP contribution is 2.19. The topological polar surface area (TPSA) is 49.3 Å². The minimum absolute atomic E-state index is 0.617. The lowest BCUT2D eigenvalue weighted by atomic mass is 10.4. The quantitative estimate of drug-likeness (QED) is 0.532. The molecule has 0 aliphatic carbocycles. The van der Waals surface area contributed by atoms with E-state index < -0.39 is 6.23 Å². The average Bonchev–Trinajstić information content (AvgIpc) is 2.34. The molecule has 2 N–H and O–H groups in total. The maximum atomic E-state index is 10.4. The molecule has 1 rings (SSSR count). The van der Waals surface area contributed by atoms with Crippen LogP contribution in [0.5, 0.6) is 0 Å². The van der Waals surface area contributed by atoms with Gasteiger partial charge in [0.05, 0.1) is 10.6 Å². The Morgan fingerprint density at radius 2 is 2.55 bits per heavy atom. The third-order valence-electron chi connectivity index (χ3n) is 1.17. The van der Waals surface area contributed by atoms with Crippen molar-refractivity contribution in [2.75, 3.05) is 5.32 Å². The predicted molar refractivity (Wildman–Crippen MR) is 45.0 cm³/mol. The van der Waals surface area contributed by atoms with E-state index >= 15 is 0 Å².